The van der Waals surface area contributed by atoms with Gasteiger partial charge in [-0.25, -0.2) is 8.42 Å². The molecule has 1 atom stereocenters. The summed E-state index contributed by atoms with van der Waals surface area (Å²) in [6, 6.07) is 19.2. The third-order valence-corrected chi connectivity index (χ3v) is 7.99. The van der Waals surface area contributed by atoms with E-state index in [9.17, 15) is 18.0 Å². The molecule has 1 N–H and O–H groups in total. The Hall–Kier alpha value is -3.07. The number of Topliss-reactive ketones (excluding diaryl/α,β-unsaturated/α-hetero) is 1. The molecule has 1 saturated heterocycles. The highest BCUT2D eigenvalue weighted by Gasteiger charge is 2.32. The minimum absolute atomic E-state index is 0.0668. The molecule has 172 valence electrons. The molecule has 1 aliphatic rings. The number of carbonyl (C=O) groups is 2. The second kappa shape index (κ2) is 9.43. The van der Waals surface area contributed by atoms with Gasteiger partial charge in [0, 0.05) is 37.4 Å². The molecule has 1 heterocycles. The van der Waals surface area contributed by atoms with Gasteiger partial charge in [-0.3, -0.25) is 14.5 Å². The number of piperazine rings is 1. The maximum Gasteiger partial charge on any atom is 0.243 e. The minimum Gasteiger partial charge on any atom is -0.325 e. The third kappa shape index (κ3) is 4.98. The molecule has 1 fully saturated rings. The number of hydrogen-bond acceptors (Lipinski definition) is 5. The lowest BCUT2D eigenvalue weighted by Gasteiger charge is -2.36. The third-order valence-electron chi connectivity index (χ3n) is 6.10. The zero-order chi connectivity index (χ0) is 23.6. The summed E-state index contributed by atoms with van der Waals surface area (Å²) in [6.07, 6.45) is 0. The van der Waals surface area contributed by atoms with Crippen LogP contribution in [0.15, 0.2) is 71.6 Å². The average molecular weight is 466 g/mol. The van der Waals surface area contributed by atoms with Crippen molar-refractivity contribution in [3.63, 3.8) is 0 Å². The van der Waals surface area contributed by atoms with Crippen LogP contribution in [0.2, 0.25) is 0 Å². The first-order valence-electron chi connectivity index (χ1n) is 10.9. The van der Waals surface area contributed by atoms with Gasteiger partial charge in [-0.1, -0.05) is 42.5 Å². The van der Waals surface area contributed by atoms with Crippen LogP contribution in [0.1, 0.15) is 24.2 Å². The van der Waals surface area contributed by atoms with Crippen LogP contribution < -0.4 is 5.32 Å². The summed E-state index contributed by atoms with van der Waals surface area (Å²) in [7, 11) is -3.61. The minimum atomic E-state index is -3.61. The highest BCUT2D eigenvalue weighted by Crippen LogP contribution is 2.23. The number of ketones is 1. The second-order valence-electron chi connectivity index (χ2n) is 8.25. The van der Waals surface area contributed by atoms with Crippen LogP contribution in [-0.2, 0) is 14.8 Å². The summed E-state index contributed by atoms with van der Waals surface area (Å²) in [5.74, 6) is -0.260. The number of carbonyl (C=O) groups excluding carboxylic acids is 2. The van der Waals surface area contributed by atoms with Gasteiger partial charge in [0.2, 0.25) is 15.9 Å². The first-order valence-corrected chi connectivity index (χ1v) is 12.3. The lowest BCUT2D eigenvalue weighted by molar-refractivity contribution is -0.121. The van der Waals surface area contributed by atoms with E-state index in [-0.39, 0.29) is 16.6 Å². The molecule has 0 bridgehead atoms. The van der Waals surface area contributed by atoms with Gasteiger partial charge < -0.3 is 5.32 Å². The molecular formula is C25H27N3O4S. The number of fused-ring (bicyclic) bond motifs is 1. The molecule has 0 aliphatic carbocycles. The molecule has 0 unspecified atom stereocenters. The number of anilines is 1. The predicted octanol–water partition coefficient (Wildman–Crippen LogP) is 3.38. The summed E-state index contributed by atoms with van der Waals surface area (Å²) in [4.78, 5) is 26.6. The predicted molar refractivity (Wildman–Crippen MR) is 129 cm³/mol. The van der Waals surface area contributed by atoms with Crippen molar-refractivity contribution in [2.45, 2.75) is 24.8 Å². The molecule has 0 spiro atoms. The van der Waals surface area contributed by atoms with Crippen LogP contribution in [0.5, 0.6) is 0 Å². The normalized spacial score (nSPS) is 16.4. The van der Waals surface area contributed by atoms with E-state index in [1.54, 1.807) is 43.3 Å². The van der Waals surface area contributed by atoms with Gasteiger partial charge in [-0.15, -0.1) is 0 Å². The Labute approximate surface area is 194 Å². The van der Waals surface area contributed by atoms with Crippen molar-refractivity contribution in [3.05, 3.63) is 72.3 Å². The standard InChI is InChI=1S/C25H27N3O4S/c1-18(25(30)26-23-9-5-8-21(16-23)19(2)29)27-12-14-28(15-13-27)33(31,32)24-11-10-20-6-3-4-7-22(20)17-24/h3-11,16-18H,12-15H2,1-2H3,(H,26,30)/t18-/m1/s1. The van der Waals surface area contributed by atoms with Crippen molar-refractivity contribution >= 4 is 38.2 Å². The van der Waals surface area contributed by atoms with Crippen LogP contribution >= 0.6 is 0 Å². The summed E-state index contributed by atoms with van der Waals surface area (Å²) in [5.41, 5.74) is 1.10. The summed E-state index contributed by atoms with van der Waals surface area (Å²) >= 11 is 0. The van der Waals surface area contributed by atoms with Crippen LogP contribution in [-0.4, -0.2) is 61.5 Å². The maximum absolute atomic E-state index is 13.2. The molecule has 33 heavy (non-hydrogen) atoms. The van der Waals surface area contributed by atoms with Crippen molar-refractivity contribution in [2.24, 2.45) is 0 Å². The molecule has 0 radical (unpaired) electrons. The van der Waals surface area contributed by atoms with Crippen LogP contribution in [0, 0.1) is 0 Å². The van der Waals surface area contributed by atoms with Crippen LogP contribution in [0.25, 0.3) is 10.8 Å². The first-order chi connectivity index (χ1) is 15.8. The molecular weight excluding hydrogens is 438 g/mol. The smallest absolute Gasteiger partial charge is 0.243 e. The van der Waals surface area contributed by atoms with Gasteiger partial charge in [0.25, 0.3) is 0 Å². The quantitative estimate of drug-likeness (QED) is 0.564. The molecule has 7 nitrogen and oxygen atoms in total. The molecule has 4 rings (SSSR count). The molecule has 3 aromatic carbocycles. The van der Waals surface area contributed by atoms with E-state index in [4.69, 9.17) is 0 Å². The lowest BCUT2D eigenvalue weighted by atomic mass is 10.1. The van der Waals surface area contributed by atoms with E-state index in [1.165, 1.54) is 11.2 Å². The number of hydrogen-bond donors (Lipinski definition) is 1. The number of nitrogens with zero attached hydrogens (tertiary/aromatic N) is 2. The Morgan fingerprint density at radius 1 is 0.879 bits per heavy atom. The van der Waals surface area contributed by atoms with E-state index in [1.807, 2.05) is 35.2 Å². The van der Waals surface area contributed by atoms with E-state index in [0.29, 0.717) is 37.4 Å². The van der Waals surface area contributed by atoms with Gasteiger partial charge in [-0.05, 0) is 48.9 Å². The van der Waals surface area contributed by atoms with E-state index in [0.717, 1.165) is 10.8 Å². The van der Waals surface area contributed by atoms with Crippen molar-refractivity contribution in [2.75, 3.05) is 31.5 Å². The van der Waals surface area contributed by atoms with Crippen molar-refractivity contribution in [1.82, 2.24) is 9.21 Å². The number of sulfonamides is 1. The number of nitrogens with one attached hydrogen (secondary N) is 1. The van der Waals surface area contributed by atoms with Crippen molar-refractivity contribution in [1.29, 1.82) is 0 Å². The number of rotatable bonds is 6. The van der Waals surface area contributed by atoms with Crippen LogP contribution in [0.4, 0.5) is 5.69 Å². The lowest BCUT2D eigenvalue weighted by Crippen LogP contribution is -2.53. The van der Waals surface area contributed by atoms with Gasteiger partial charge in [0.05, 0.1) is 10.9 Å². The maximum atomic E-state index is 13.2. The summed E-state index contributed by atoms with van der Waals surface area (Å²) in [5, 5.41) is 4.73. The average Bonchev–Trinajstić information content (AvgIpc) is 2.83. The Kier molecular flexibility index (Phi) is 6.60. The fraction of sp³-hybridized carbons (Fsp3) is 0.280. The Balaban J connectivity index is 1.39. The Morgan fingerprint density at radius 2 is 1.58 bits per heavy atom. The fourth-order valence-corrected chi connectivity index (χ4v) is 5.49. The second-order valence-corrected chi connectivity index (χ2v) is 10.2. The van der Waals surface area contributed by atoms with Crippen LogP contribution in [0.3, 0.4) is 0 Å². The molecule has 3 aromatic rings. The van der Waals surface area contributed by atoms with Crippen molar-refractivity contribution in [3.8, 4) is 0 Å². The zero-order valence-corrected chi connectivity index (χ0v) is 19.5. The fourth-order valence-electron chi connectivity index (χ4n) is 4.04. The van der Waals surface area contributed by atoms with Gasteiger partial charge in [-0.2, -0.15) is 4.31 Å². The van der Waals surface area contributed by atoms with Crippen molar-refractivity contribution < 1.29 is 18.0 Å². The first kappa shape index (κ1) is 23.1. The highest BCUT2D eigenvalue weighted by molar-refractivity contribution is 7.89. The summed E-state index contributed by atoms with van der Waals surface area (Å²) in [6.45, 7) is 4.82. The number of amides is 1. The SMILES string of the molecule is CC(=O)c1cccc(NC(=O)[C@@H](C)N2CCN(S(=O)(=O)c3ccc4ccccc4c3)CC2)c1. The number of benzene rings is 3. The van der Waals surface area contributed by atoms with E-state index in [2.05, 4.69) is 5.32 Å². The van der Waals surface area contributed by atoms with Gasteiger partial charge in [0.1, 0.15) is 0 Å². The Morgan fingerprint density at radius 3 is 2.27 bits per heavy atom. The molecule has 1 amide bonds. The van der Waals surface area contributed by atoms with Gasteiger partial charge >= 0.3 is 0 Å². The van der Waals surface area contributed by atoms with E-state index < -0.39 is 16.1 Å². The monoisotopic (exact) mass is 465 g/mol. The van der Waals surface area contributed by atoms with E-state index >= 15 is 0 Å². The molecule has 1 aliphatic heterocycles. The summed E-state index contributed by atoms with van der Waals surface area (Å²) < 4.78 is 27.8. The topological polar surface area (TPSA) is 86.8 Å². The molecule has 0 saturated carbocycles. The molecule has 0 aromatic heterocycles. The van der Waals surface area contributed by atoms with Gasteiger partial charge in [0.15, 0.2) is 5.78 Å². The Bertz CT molecular complexity index is 1300. The zero-order valence-electron chi connectivity index (χ0n) is 18.7. The molecule has 8 heteroatoms. The highest BCUT2D eigenvalue weighted by atomic mass is 32.2. The largest absolute Gasteiger partial charge is 0.325 e.